The van der Waals surface area contributed by atoms with Crippen LogP contribution in [0, 0.1) is 6.92 Å². The van der Waals surface area contributed by atoms with E-state index >= 15 is 0 Å². The molecule has 1 aliphatic heterocycles. The van der Waals surface area contributed by atoms with Crippen molar-refractivity contribution in [2.75, 3.05) is 13.1 Å². The van der Waals surface area contributed by atoms with Crippen LogP contribution in [-0.4, -0.2) is 23.9 Å². The number of amides is 1. The maximum atomic E-state index is 11.9. The van der Waals surface area contributed by atoms with E-state index in [1.807, 2.05) is 29.2 Å². The summed E-state index contributed by atoms with van der Waals surface area (Å²) in [6.07, 6.45) is 2.27. The number of benzene rings is 1. The van der Waals surface area contributed by atoms with Crippen LogP contribution in [-0.2, 0) is 0 Å². The normalized spacial score (nSPS) is 15.9. The molecule has 0 unspecified atom stereocenters. The van der Waals surface area contributed by atoms with Crippen LogP contribution in [0.1, 0.15) is 28.8 Å². The number of hydrogen-bond donors (Lipinski definition) is 0. The summed E-state index contributed by atoms with van der Waals surface area (Å²) >= 11 is 0. The Bertz CT molecular complexity index is 340. The Morgan fingerprint density at radius 2 is 2.00 bits per heavy atom. The lowest BCUT2D eigenvalue weighted by molar-refractivity contribution is 0.0793. The first kappa shape index (κ1) is 9.25. The summed E-state index contributed by atoms with van der Waals surface area (Å²) in [6, 6.07) is 7.49. The lowest BCUT2D eigenvalue weighted by Crippen LogP contribution is -2.27. The molecule has 0 aromatic heterocycles. The van der Waals surface area contributed by atoms with Crippen LogP contribution < -0.4 is 0 Å². The van der Waals surface area contributed by atoms with E-state index in [4.69, 9.17) is 0 Å². The first-order valence-electron chi connectivity index (χ1n) is 4.99. The highest BCUT2D eigenvalue weighted by Crippen LogP contribution is 2.13. The Kier molecular flexibility index (Phi) is 2.53. The predicted octanol–water partition coefficient (Wildman–Crippen LogP) is 2.10. The summed E-state index contributed by atoms with van der Waals surface area (Å²) in [4.78, 5) is 13.8. The molecule has 1 aromatic carbocycles. The zero-order valence-corrected chi connectivity index (χ0v) is 8.20. The summed E-state index contributed by atoms with van der Waals surface area (Å²) in [5.41, 5.74) is 1.66. The molecule has 0 atom stereocenters. The highest BCUT2D eigenvalue weighted by atomic mass is 16.2. The van der Waals surface area contributed by atoms with Gasteiger partial charge in [-0.15, -0.1) is 0 Å². The van der Waals surface area contributed by atoms with Crippen LogP contribution in [0.2, 0.25) is 0 Å². The Labute approximate surface area is 84.5 Å². The van der Waals surface area contributed by atoms with Gasteiger partial charge in [0.15, 0.2) is 0 Å². The van der Waals surface area contributed by atoms with Gasteiger partial charge in [-0.05, 0) is 37.5 Å². The third kappa shape index (κ3) is 1.79. The number of likely N-dealkylation sites (tertiary alicyclic amines) is 1. The van der Waals surface area contributed by atoms with E-state index in [2.05, 4.69) is 6.92 Å². The molecule has 1 aliphatic rings. The molecule has 2 heteroatoms. The summed E-state index contributed by atoms with van der Waals surface area (Å²) < 4.78 is 0. The molecule has 1 radical (unpaired) electrons. The summed E-state index contributed by atoms with van der Waals surface area (Å²) in [6.45, 7) is 5.63. The van der Waals surface area contributed by atoms with Crippen molar-refractivity contribution < 1.29 is 4.79 Å². The van der Waals surface area contributed by atoms with Gasteiger partial charge in [0.05, 0.1) is 0 Å². The Morgan fingerprint density at radius 3 is 2.64 bits per heavy atom. The van der Waals surface area contributed by atoms with Crippen molar-refractivity contribution >= 4 is 5.91 Å². The average Bonchev–Trinajstić information content (AvgIpc) is 2.69. The van der Waals surface area contributed by atoms with Crippen LogP contribution in [0.15, 0.2) is 24.3 Å². The molecular weight excluding hydrogens is 174 g/mol. The van der Waals surface area contributed by atoms with E-state index in [-0.39, 0.29) is 5.91 Å². The van der Waals surface area contributed by atoms with Gasteiger partial charge >= 0.3 is 0 Å². The minimum Gasteiger partial charge on any atom is -0.339 e. The monoisotopic (exact) mass is 188 g/mol. The second-order valence-electron chi connectivity index (χ2n) is 3.70. The Hall–Kier alpha value is -1.31. The largest absolute Gasteiger partial charge is 0.339 e. The highest BCUT2D eigenvalue weighted by molar-refractivity contribution is 5.94. The van der Waals surface area contributed by atoms with Gasteiger partial charge in [0.1, 0.15) is 0 Å². The topological polar surface area (TPSA) is 20.3 Å². The molecule has 1 aromatic rings. The molecule has 0 aliphatic carbocycles. The third-order valence-electron chi connectivity index (χ3n) is 2.57. The van der Waals surface area contributed by atoms with Crippen molar-refractivity contribution in [1.29, 1.82) is 0 Å². The molecule has 14 heavy (non-hydrogen) atoms. The van der Waals surface area contributed by atoms with Crippen LogP contribution >= 0.6 is 0 Å². The molecule has 1 saturated heterocycles. The van der Waals surface area contributed by atoms with E-state index in [1.54, 1.807) is 0 Å². The van der Waals surface area contributed by atoms with Crippen LogP contribution in [0.3, 0.4) is 0 Å². The Balaban J connectivity index is 2.17. The fourth-order valence-electron chi connectivity index (χ4n) is 1.81. The average molecular weight is 188 g/mol. The van der Waals surface area contributed by atoms with E-state index in [9.17, 15) is 4.79 Å². The molecule has 1 heterocycles. The minimum atomic E-state index is 0.146. The van der Waals surface area contributed by atoms with Crippen LogP contribution in [0.25, 0.3) is 0 Å². The summed E-state index contributed by atoms with van der Waals surface area (Å²) in [7, 11) is 0. The van der Waals surface area contributed by atoms with Crippen molar-refractivity contribution in [1.82, 2.24) is 4.90 Å². The van der Waals surface area contributed by atoms with Gasteiger partial charge in [0.25, 0.3) is 5.91 Å². The Morgan fingerprint density at radius 1 is 1.29 bits per heavy atom. The van der Waals surface area contributed by atoms with Crippen molar-refractivity contribution in [3.05, 3.63) is 42.3 Å². The molecule has 0 bridgehead atoms. The molecule has 1 fully saturated rings. The number of rotatable bonds is 1. The number of nitrogens with zero attached hydrogens (tertiary/aromatic N) is 1. The fourth-order valence-corrected chi connectivity index (χ4v) is 1.81. The van der Waals surface area contributed by atoms with Gasteiger partial charge in [-0.1, -0.05) is 12.1 Å². The molecular formula is C12H14NO. The second kappa shape index (κ2) is 3.82. The molecule has 0 N–H and O–H groups in total. The van der Waals surface area contributed by atoms with Crippen molar-refractivity contribution in [3.8, 4) is 0 Å². The molecule has 2 rings (SSSR count). The van der Waals surface area contributed by atoms with Gasteiger partial charge in [0.2, 0.25) is 0 Å². The third-order valence-corrected chi connectivity index (χ3v) is 2.57. The van der Waals surface area contributed by atoms with Crippen molar-refractivity contribution in [2.45, 2.75) is 12.8 Å². The second-order valence-corrected chi connectivity index (χ2v) is 3.70. The fraction of sp³-hybridized carbons (Fsp3) is 0.333. The quantitative estimate of drug-likeness (QED) is 0.661. The lowest BCUT2D eigenvalue weighted by Gasteiger charge is -2.15. The predicted molar refractivity (Wildman–Crippen MR) is 56.0 cm³/mol. The highest BCUT2D eigenvalue weighted by Gasteiger charge is 2.18. The molecule has 73 valence electrons. The maximum Gasteiger partial charge on any atom is 0.253 e. The van der Waals surface area contributed by atoms with Gasteiger partial charge in [-0.2, -0.15) is 0 Å². The van der Waals surface area contributed by atoms with Gasteiger partial charge in [-0.25, -0.2) is 0 Å². The molecule has 0 saturated carbocycles. The van der Waals surface area contributed by atoms with Crippen LogP contribution in [0.5, 0.6) is 0 Å². The molecule has 2 nitrogen and oxygen atoms in total. The smallest absolute Gasteiger partial charge is 0.253 e. The van der Waals surface area contributed by atoms with Gasteiger partial charge < -0.3 is 4.90 Å². The SMILES string of the molecule is [CH2]c1cccc(C(=O)N2CCCC2)c1. The van der Waals surface area contributed by atoms with E-state index < -0.39 is 0 Å². The molecule has 0 spiro atoms. The first-order valence-corrected chi connectivity index (χ1v) is 4.99. The van der Waals surface area contributed by atoms with Crippen molar-refractivity contribution in [3.63, 3.8) is 0 Å². The van der Waals surface area contributed by atoms with Crippen LogP contribution in [0.4, 0.5) is 0 Å². The maximum absolute atomic E-state index is 11.9. The van der Waals surface area contributed by atoms with E-state index in [0.29, 0.717) is 0 Å². The number of hydrogen-bond acceptors (Lipinski definition) is 1. The number of carbonyl (C=O) groups is 1. The minimum absolute atomic E-state index is 0.146. The van der Waals surface area contributed by atoms with E-state index in [1.165, 1.54) is 0 Å². The zero-order chi connectivity index (χ0) is 9.97. The summed E-state index contributed by atoms with van der Waals surface area (Å²) in [5.74, 6) is 0.146. The summed E-state index contributed by atoms with van der Waals surface area (Å²) in [5, 5.41) is 0. The van der Waals surface area contributed by atoms with Gasteiger partial charge in [0, 0.05) is 18.7 Å². The number of carbonyl (C=O) groups excluding carboxylic acids is 1. The standard InChI is InChI=1S/C12H14NO/c1-10-5-4-6-11(9-10)12(14)13-7-2-3-8-13/h4-6,9H,1-3,7-8H2. The van der Waals surface area contributed by atoms with Crippen molar-refractivity contribution in [2.24, 2.45) is 0 Å². The molecule has 1 amide bonds. The van der Waals surface area contributed by atoms with E-state index in [0.717, 1.165) is 37.1 Å². The first-order chi connectivity index (χ1) is 6.77. The van der Waals surface area contributed by atoms with Gasteiger partial charge in [-0.3, -0.25) is 4.79 Å². The lowest BCUT2D eigenvalue weighted by atomic mass is 10.1. The zero-order valence-electron chi connectivity index (χ0n) is 8.20.